The minimum absolute atomic E-state index is 0.0386. The Morgan fingerprint density at radius 3 is 2.56 bits per heavy atom. The molecule has 1 aromatic heterocycles. The van der Waals surface area contributed by atoms with E-state index in [1.807, 2.05) is 0 Å². The Kier molecular flexibility index (Phi) is 4.82. The number of nitrogens with one attached hydrogen (secondary N) is 1. The van der Waals surface area contributed by atoms with Crippen molar-refractivity contribution in [3.63, 3.8) is 0 Å². The topological polar surface area (TPSA) is 50.1 Å². The molecule has 2 aromatic carbocycles. The second-order valence-corrected chi connectivity index (χ2v) is 8.01. The predicted octanol–water partition coefficient (Wildman–Crippen LogP) is 4.14. The van der Waals surface area contributed by atoms with Crippen LogP contribution in [-0.4, -0.2) is 27.5 Å². The van der Waals surface area contributed by atoms with E-state index in [0.29, 0.717) is 36.8 Å². The van der Waals surface area contributed by atoms with Gasteiger partial charge in [-0.15, -0.1) is 0 Å². The Morgan fingerprint density at radius 2 is 1.81 bits per heavy atom. The lowest BCUT2D eigenvalue weighted by Gasteiger charge is -2.22. The number of aromatic nitrogens is 2. The van der Waals surface area contributed by atoms with Crippen molar-refractivity contribution in [3.8, 4) is 11.3 Å². The lowest BCUT2D eigenvalue weighted by molar-refractivity contribution is -0.139. The Balaban J connectivity index is 1.69. The van der Waals surface area contributed by atoms with Gasteiger partial charge in [0.15, 0.2) is 0 Å². The summed E-state index contributed by atoms with van der Waals surface area (Å²) in [5.41, 5.74) is 0.556. The van der Waals surface area contributed by atoms with Crippen molar-refractivity contribution in [2.75, 3.05) is 6.54 Å². The maximum absolute atomic E-state index is 14.3. The molecular weight excluding hydrogens is 436 g/mol. The van der Waals surface area contributed by atoms with Gasteiger partial charge in [-0.1, -0.05) is 0 Å². The number of fused-ring (bicyclic) bond motifs is 2. The molecule has 10 heteroatoms. The molecule has 5 rings (SSSR count). The fourth-order valence-electron chi connectivity index (χ4n) is 4.65. The van der Waals surface area contributed by atoms with Crippen molar-refractivity contribution in [1.82, 2.24) is 15.1 Å². The zero-order valence-electron chi connectivity index (χ0n) is 16.5. The summed E-state index contributed by atoms with van der Waals surface area (Å²) >= 11 is 0. The average Bonchev–Trinajstić information content (AvgIpc) is 3.25. The SMILES string of the molecule is OC1Cc2c(F)cc(F)cc2C1n1nc(-c2ccc(F)c(C(F)(F)F)c2)c2c1CCNC2. The van der Waals surface area contributed by atoms with Gasteiger partial charge in [-0.25, -0.2) is 13.2 Å². The summed E-state index contributed by atoms with van der Waals surface area (Å²) in [6, 6.07) is 3.66. The monoisotopic (exact) mass is 453 g/mol. The minimum Gasteiger partial charge on any atom is -0.390 e. The first-order valence-corrected chi connectivity index (χ1v) is 9.99. The van der Waals surface area contributed by atoms with Crippen LogP contribution >= 0.6 is 0 Å². The predicted molar refractivity (Wildman–Crippen MR) is 102 cm³/mol. The minimum atomic E-state index is -4.88. The summed E-state index contributed by atoms with van der Waals surface area (Å²) in [6.07, 6.45) is -5.56. The van der Waals surface area contributed by atoms with Crippen molar-refractivity contribution < 1.29 is 31.4 Å². The van der Waals surface area contributed by atoms with Crippen LogP contribution in [0, 0.1) is 17.5 Å². The Morgan fingerprint density at radius 1 is 1.03 bits per heavy atom. The fraction of sp³-hybridized carbons (Fsp3) is 0.318. The Bertz CT molecular complexity index is 1220. The smallest absolute Gasteiger partial charge is 0.390 e. The fourth-order valence-corrected chi connectivity index (χ4v) is 4.65. The summed E-state index contributed by atoms with van der Waals surface area (Å²) in [4.78, 5) is 0. The van der Waals surface area contributed by atoms with Gasteiger partial charge in [-0.2, -0.15) is 18.3 Å². The summed E-state index contributed by atoms with van der Waals surface area (Å²) in [6.45, 7) is 0.860. The van der Waals surface area contributed by atoms with Crippen LogP contribution in [0.15, 0.2) is 30.3 Å². The first kappa shape index (κ1) is 21.0. The summed E-state index contributed by atoms with van der Waals surface area (Å²) in [5.74, 6) is -2.95. The quantitative estimate of drug-likeness (QED) is 0.574. The molecule has 3 aromatic rings. The van der Waals surface area contributed by atoms with Gasteiger partial charge in [0.25, 0.3) is 0 Å². The van der Waals surface area contributed by atoms with Crippen LogP contribution in [-0.2, 0) is 25.6 Å². The number of hydrogen-bond donors (Lipinski definition) is 2. The first-order chi connectivity index (χ1) is 15.1. The molecule has 0 spiro atoms. The van der Waals surface area contributed by atoms with Crippen molar-refractivity contribution in [1.29, 1.82) is 0 Å². The summed E-state index contributed by atoms with van der Waals surface area (Å²) in [5, 5.41) is 18.3. The number of rotatable bonds is 2. The van der Waals surface area contributed by atoms with Crippen LogP contribution in [0.5, 0.6) is 0 Å². The van der Waals surface area contributed by atoms with Gasteiger partial charge in [-0.05, 0) is 35.4 Å². The number of hydrogen-bond acceptors (Lipinski definition) is 3. The maximum atomic E-state index is 14.3. The number of aliphatic hydroxyl groups excluding tert-OH is 1. The van der Waals surface area contributed by atoms with Gasteiger partial charge in [0.2, 0.25) is 0 Å². The van der Waals surface area contributed by atoms with Crippen molar-refractivity contribution in [2.24, 2.45) is 0 Å². The molecule has 2 aliphatic rings. The normalized spacial score (nSPS) is 20.3. The van der Waals surface area contributed by atoms with E-state index < -0.39 is 41.3 Å². The summed E-state index contributed by atoms with van der Waals surface area (Å²) < 4.78 is 83.2. The average molecular weight is 453 g/mol. The van der Waals surface area contributed by atoms with E-state index in [0.717, 1.165) is 18.2 Å². The van der Waals surface area contributed by atoms with E-state index in [1.165, 1.54) is 10.7 Å². The van der Waals surface area contributed by atoms with E-state index in [-0.39, 0.29) is 28.8 Å². The number of aliphatic hydroxyl groups is 1. The highest BCUT2D eigenvalue weighted by molar-refractivity contribution is 5.66. The molecule has 2 unspecified atom stereocenters. The molecular formula is C22H17F6N3O. The lowest BCUT2D eigenvalue weighted by Crippen LogP contribution is -2.29. The highest BCUT2D eigenvalue weighted by Gasteiger charge is 2.39. The van der Waals surface area contributed by atoms with Gasteiger partial charge in [0.1, 0.15) is 23.5 Å². The molecule has 4 nitrogen and oxygen atoms in total. The van der Waals surface area contributed by atoms with E-state index in [2.05, 4.69) is 10.4 Å². The van der Waals surface area contributed by atoms with Crippen LogP contribution in [0.1, 0.15) is 34.0 Å². The zero-order chi connectivity index (χ0) is 22.8. The van der Waals surface area contributed by atoms with Gasteiger partial charge in [0.05, 0.1) is 17.4 Å². The molecule has 0 radical (unpaired) electrons. The van der Waals surface area contributed by atoms with E-state index >= 15 is 0 Å². The lowest BCUT2D eigenvalue weighted by atomic mass is 9.99. The summed E-state index contributed by atoms with van der Waals surface area (Å²) in [7, 11) is 0. The molecule has 0 fully saturated rings. The molecule has 2 N–H and O–H groups in total. The molecule has 2 heterocycles. The largest absolute Gasteiger partial charge is 0.419 e. The van der Waals surface area contributed by atoms with Crippen molar-refractivity contribution in [2.45, 2.75) is 37.7 Å². The van der Waals surface area contributed by atoms with E-state index in [1.54, 1.807) is 0 Å². The van der Waals surface area contributed by atoms with Gasteiger partial charge in [-0.3, -0.25) is 4.68 Å². The van der Waals surface area contributed by atoms with Crippen molar-refractivity contribution in [3.05, 3.63) is 75.7 Å². The number of benzene rings is 2. The molecule has 168 valence electrons. The highest BCUT2D eigenvalue weighted by atomic mass is 19.4. The van der Waals surface area contributed by atoms with Crippen LogP contribution in [0.3, 0.4) is 0 Å². The van der Waals surface area contributed by atoms with E-state index in [9.17, 15) is 31.4 Å². The molecule has 0 bridgehead atoms. The Labute approximate surface area is 178 Å². The standard InChI is InChI=1S/C22H17F6N3O/c23-11-6-13-12(17(25)7-11)8-19(32)21(13)31-18-3-4-29-9-14(18)20(30-31)10-1-2-16(24)15(5-10)22(26,27)28/h1-2,5-7,19,21,29,32H,3-4,8-9H2. The molecule has 32 heavy (non-hydrogen) atoms. The molecule has 1 aliphatic carbocycles. The molecule has 0 amide bonds. The second kappa shape index (κ2) is 7.35. The zero-order valence-corrected chi connectivity index (χ0v) is 16.5. The first-order valence-electron chi connectivity index (χ1n) is 9.99. The third-order valence-electron chi connectivity index (χ3n) is 6.06. The molecule has 0 saturated carbocycles. The third kappa shape index (κ3) is 3.29. The number of nitrogens with zero attached hydrogens (tertiary/aromatic N) is 2. The van der Waals surface area contributed by atoms with Crippen molar-refractivity contribution >= 4 is 0 Å². The molecule has 1 aliphatic heterocycles. The molecule has 0 saturated heterocycles. The van der Waals surface area contributed by atoms with Gasteiger partial charge < -0.3 is 10.4 Å². The van der Waals surface area contributed by atoms with E-state index in [4.69, 9.17) is 0 Å². The van der Waals surface area contributed by atoms with Crippen LogP contribution in [0.25, 0.3) is 11.3 Å². The van der Waals surface area contributed by atoms with Crippen LogP contribution in [0.2, 0.25) is 0 Å². The van der Waals surface area contributed by atoms with Gasteiger partial charge in [0, 0.05) is 48.8 Å². The maximum Gasteiger partial charge on any atom is 0.419 e. The Hall–Kier alpha value is -2.85. The third-order valence-corrected chi connectivity index (χ3v) is 6.06. The molecule has 2 atom stereocenters. The highest BCUT2D eigenvalue weighted by Crippen LogP contribution is 2.41. The van der Waals surface area contributed by atoms with Gasteiger partial charge >= 0.3 is 6.18 Å². The van der Waals surface area contributed by atoms with Crippen LogP contribution in [0.4, 0.5) is 26.3 Å². The second-order valence-electron chi connectivity index (χ2n) is 8.01. The van der Waals surface area contributed by atoms with Crippen LogP contribution < -0.4 is 5.32 Å². The number of alkyl halides is 3. The number of halogens is 6.